The summed E-state index contributed by atoms with van der Waals surface area (Å²) < 4.78 is 1.57. The van der Waals surface area contributed by atoms with Crippen molar-refractivity contribution in [3.05, 3.63) is 35.9 Å². The summed E-state index contributed by atoms with van der Waals surface area (Å²) in [5, 5.41) is 7.48. The molecule has 0 aliphatic carbocycles. The van der Waals surface area contributed by atoms with Gasteiger partial charge in [0.25, 0.3) is 0 Å². The highest BCUT2D eigenvalue weighted by Gasteiger charge is 2.21. The molecule has 3 N–H and O–H groups in total. The lowest BCUT2D eigenvalue weighted by atomic mass is 9.95. The van der Waals surface area contributed by atoms with E-state index in [0.29, 0.717) is 22.9 Å². The van der Waals surface area contributed by atoms with E-state index in [4.69, 9.17) is 17.3 Å². The molecule has 2 rings (SSSR count). The third-order valence-electron chi connectivity index (χ3n) is 3.28. The van der Waals surface area contributed by atoms with Crippen LogP contribution in [0.4, 0.5) is 5.69 Å². The Bertz CT molecular complexity index is 612. The van der Waals surface area contributed by atoms with Crippen LogP contribution in [0.1, 0.15) is 13.8 Å². The number of nitrogens with one attached hydrogen (secondary N) is 1. The standard InChI is InChI=1S/C14H18ClN5O/c1-9(2)11(6-16)14(21)19-12-5-10(15)3-4-13(12)20-8-17-7-18-20/h3-5,7-9,11H,6,16H2,1-2H3,(H,19,21). The van der Waals surface area contributed by atoms with E-state index in [2.05, 4.69) is 15.4 Å². The van der Waals surface area contributed by atoms with Gasteiger partial charge in [0.05, 0.1) is 17.3 Å². The molecular weight excluding hydrogens is 290 g/mol. The van der Waals surface area contributed by atoms with Gasteiger partial charge in [0.15, 0.2) is 0 Å². The van der Waals surface area contributed by atoms with E-state index in [-0.39, 0.29) is 17.7 Å². The SMILES string of the molecule is CC(C)C(CN)C(=O)Nc1cc(Cl)ccc1-n1cncn1. The Balaban J connectivity index is 2.31. The largest absolute Gasteiger partial charge is 0.330 e. The van der Waals surface area contributed by atoms with Crippen LogP contribution < -0.4 is 11.1 Å². The fourth-order valence-electron chi connectivity index (χ4n) is 2.05. The summed E-state index contributed by atoms with van der Waals surface area (Å²) in [7, 11) is 0. The summed E-state index contributed by atoms with van der Waals surface area (Å²) in [4.78, 5) is 16.2. The topological polar surface area (TPSA) is 85.8 Å². The third-order valence-corrected chi connectivity index (χ3v) is 3.51. The summed E-state index contributed by atoms with van der Waals surface area (Å²) in [5.41, 5.74) is 6.96. The molecule has 0 fully saturated rings. The Labute approximate surface area is 128 Å². The number of hydrogen-bond acceptors (Lipinski definition) is 4. The summed E-state index contributed by atoms with van der Waals surface area (Å²) in [6.07, 6.45) is 2.98. The van der Waals surface area contributed by atoms with Gasteiger partial charge in [-0.3, -0.25) is 4.79 Å². The Morgan fingerprint density at radius 3 is 2.81 bits per heavy atom. The van der Waals surface area contributed by atoms with Crippen LogP contribution in [0.15, 0.2) is 30.9 Å². The first-order valence-electron chi connectivity index (χ1n) is 6.68. The molecule has 0 bridgehead atoms. The molecule has 0 aliphatic rings. The molecule has 1 amide bonds. The van der Waals surface area contributed by atoms with Crippen molar-refractivity contribution in [2.24, 2.45) is 17.6 Å². The molecule has 21 heavy (non-hydrogen) atoms. The minimum atomic E-state index is -0.257. The van der Waals surface area contributed by atoms with E-state index in [1.54, 1.807) is 29.2 Å². The van der Waals surface area contributed by atoms with Gasteiger partial charge in [0.2, 0.25) is 5.91 Å². The number of halogens is 1. The molecule has 0 aliphatic heterocycles. The molecule has 7 heteroatoms. The molecule has 0 radical (unpaired) electrons. The molecule has 0 saturated heterocycles. The molecule has 0 spiro atoms. The van der Waals surface area contributed by atoms with Crippen molar-refractivity contribution >= 4 is 23.2 Å². The van der Waals surface area contributed by atoms with Gasteiger partial charge in [0, 0.05) is 11.6 Å². The van der Waals surface area contributed by atoms with Crippen molar-refractivity contribution in [2.45, 2.75) is 13.8 Å². The van der Waals surface area contributed by atoms with Crippen molar-refractivity contribution in [3.8, 4) is 5.69 Å². The molecule has 2 aromatic rings. The number of hydrogen-bond donors (Lipinski definition) is 2. The number of carbonyl (C=O) groups is 1. The van der Waals surface area contributed by atoms with E-state index < -0.39 is 0 Å². The summed E-state index contributed by atoms with van der Waals surface area (Å²) in [6.45, 7) is 4.23. The van der Waals surface area contributed by atoms with E-state index in [0.717, 1.165) is 0 Å². The number of carbonyl (C=O) groups excluding carboxylic acids is 1. The number of anilines is 1. The van der Waals surface area contributed by atoms with Crippen molar-refractivity contribution < 1.29 is 4.79 Å². The second-order valence-corrected chi connectivity index (χ2v) is 5.51. The monoisotopic (exact) mass is 307 g/mol. The fraction of sp³-hybridized carbons (Fsp3) is 0.357. The first-order valence-corrected chi connectivity index (χ1v) is 7.06. The minimum absolute atomic E-state index is 0.129. The quantitative estimate of drug-likeness (QED) is 0.885. The van der Waals surface area contributed by atoms with Crippen LogP contribution >= 0.6 is 11.6 Å². The summed E-state index contributed by atoms with van der Waals surface area (Å²) >= 11 is 6.02. The normalized spacial score (nSPS) is 12.4. The van der Waals surface area contributed by atoms with Crippen molar-refractivity contribution in [1.29, 1.82) is 0 Å². The van der Waals surface area contributed by atoms with Crippen LogP contribution in [0, 0.1) is 11.8 Å². The smallest absolute Gasteiger partial charge is 0.229 e. The maximum atomic E-state index is 12.3. The van der Waals surface area contributed by atoms with Crippen molar-refractivity contribution in [3.63, 3.8) is 0 Å². The van der Waals surface area contributed by atoms with Crippen LogP contribution in [0.2, 0.25) is 5.02 Å². The maximum absolute atomic E-state index is 12.3. The summed E-state index contributed by atoms with van der Waals surface area (Å²) in [6, 6.07) is 5.20. The average Bonchev–Trinajstić information content (AvgIpc) is 2.93. The van der Waals surface area contributed by atoms with Crippen LogP contribution in [0.3, 0.4) is 0 Å². The number of benzene rings is 1. The molecule has 1 atom stereocenters. The highest BCUT2D eigenvalue weighted by molar-refractivity contribution is 6.31. The minimum Gasteiger partial charge on any atom is -0.330 e. The van der Waals surface area contributed by atoms with Crippen LogP contribution in [-0.4, -0.2) is 27.2 Å². The zero-order valence-corrected chi connectivity index (χ0v) is 12.7. The Morgan fingerprint density at radius 2 is 2.24 bits per heavy atom. The van der Waals surface area contributed by atoms with Gasteiger partial charge in [-0.2, -0.15) is 5.10 Å². The van der Waals surface area contributed by atoms with Gasteiger partial charge in [-0.05, 0) is 24.1 Å². The molecule has 6 nitrogen and oxygen atoms in total. The van der Waals surface area contributed by atoms with E-state index >= 15 is 0 Å². The zero-order chi connectivity index (χ0) is 15.4. The first kappa shape index (κ1) is 15.5. The number of nitrogens with zero attached hydrogens (tertiary/aromatic N) is 3. The first-order chi connectivity index (χ1) is 10.0. The highest BCUT2D eigenvalue weighted by Crippen LogP contribution is 2.25. The molecular formula is C14H18ClN5O. The lowest BCUT2D eigenvalue weighted by molar-refractivity contribution is -0.120. The van der Waals surface area contributed by atoms with Gasteiger partial charge in [-0.25, -0.2) is 9.67 Å². The predicted molar refractivity (Wildman–Crippen MR) is 82.4 cm³/mol. The second kappa shape index (κ2) is 6.69. The lowest BCUT2D eigenvalue weighted by Crippen LogP contribution is -2.33. The number of aromatic nitrogens is 3. The Morgan fingerprint density at radius 1 is 1.48 bits per heavy atom. The average molecular weight is 308 g/mol. The van der Waals surface area contributed by atoms with Gasteiger partial charge in [-0.15, -0.1) is 0 Å². The van der Waals surface area contributed by atoms with E-state index in [1.807, 2.05) is 13.8 Å². The second-order valence-electron chi connectivity index (χ2n) is 5.08. The van der Waals surface area contributed by atoms with Gasteiger partial charge in [0.1, 0.15) is 12.7 Å². The van der Waals surface area contributed by atoms with Crippen LogP contribution in [0.5, 0.6) is 0 Å². The molecule has 1 aromatic heterocycles. The number of amides is 1. The van der Waals surface area contributed by atoms with Gasteiger partial charge < -0.3 is 11.1 Å². The summed E-state index contributed by atoms with van der Waals surface area (Å²) in [5.74, 6) is -0.229. The molecule has 1 heterocycles. The molecule has 112 valence electrons. The molecule has 1 aromatic carbocycles. The van der Waals surface area contributed by atoms with Crippen LogP contribution in [0.25, 0.3) is 5.69 Å². The van der Waals surface area contributed by atoms with E-state index in [9.17, 15) is 4.79 Å². The van der Waals surface area contributed by atoms with Crippen molar-refractivity contribution in [2.75, 3.05) is 11.9 Å². The third kappa shape index (κ3) is 3.59. The molecule has 1 unspecified atom stereocenters. The number of rotatable bonds is 5. The Hall–Kier alpha value is -1.92. The fourth-order valence-corrected chi connectivity index (χ4v) is 2.22. The van der Waals surface area contributed by atoms with Crippen molar-refractivity contribution in [1.82, 2.24) is 14.8 Å². The number of nitrogens with two attached hydrogens (primary N) is 1. The lowest BCUT2D eigenvalue weighted by Gasteiger charge is -2.19. The Kier molecular flexibility index (Phi) is 4.93. The van der Waals surface area contributed by atoms with Gasteiger partial charge >= 0.3 is 0 Å². The molecule has 0 saturated carbocycles. The van der Waals surface area contributed by atoms with E-state index in [1.165, 1.54) is 6.33 Å². The predicted octanol–water partition coefficient (Wildman–Crippen LogP) is 2.09. The zero-order valence-electron chi connectivity index (χ0n) is 12.0. The highest BCUT2D eigenvalue weighted by atomic mass is 35.5. The van der Waals surface area contributed by atoms with Gasteiger partial charge in [-0.1, -0.05) is 25.4 Å². The van der Waals surface area contributed by atoms with Crippen LogP contribution in [-0.2, 0) is 4.79 Å². The maximum Gasteiger partial charge on any atom is 0.229 e.